The smallest absolute Gasteiger partial charge is 0.0810 e. The van der Waals surface area contributed by atoms with Crippen molar-refractivity contribution in [3.63, 3.8) is 0 Å². The molecule has 0 amide bonds. The summed E-state index contributed by atoms with van der Waals surface area (Å²) in [6.45, 7) is 4.25. The van der Waals surface area contributed by atoms with Gasteiger partial charge in [-0.05, 0) is 43.0 Å². The standard InChI is InChI=1S/C14H20N4/c1-10-4-5-12(8-11(10)2)9-14(16-15)13-6-7-18(3)17-13/h4-8,14,16H,9,15H2,1-3H3. The number of nitrogens with one attached hydrogen (secondary N) is 1. The van der Waals surface area contributed by atoms with Crippen molar-refractivity contribution in [1.29, 1.82) is 0 Å². The number of hydrogen-bond acceptors (Lipinski definition) is 3. The Morgan fingerprint density at radius 2 is 2.06 bits per heavy atom. The molecule has 0 saturated heterocycles. The molecule has 2 aromatic rings. The minimum Gasteiger partial charge on any atom is -0.275 e. The van der Waals surface area contributed by atoms with E-state index < -0.39 is 0 Å². The Labute approximate surface area is 108 Å². The maximum Gasteiger partial charge on any atom is 0.0810 e. The summed E-state index contributed by atoms with van der Waals surface area (Å²) in [5, 5.41) is 4.39. The molecule has 1 heterocycles. The molecule has 1 aromatic carbocycles. The van der Waals surface area contributed by atoms with E-state index in [1.54, 1.807) is 4.68 Å². The number of aromatic nitrogens is 2. The van der Waals surface area contributed by atoms with Gasteiger partial charge < -0.3 is 0 Å². The molecule has 0 bridgehead atoms. The number of hydrazine groups is 1. The van der Waals surface area contributed by atoms with Crippen molar-refractivity contribution in [2.75, 3.05) is 0 Å². The molecule has 4 nitrogen and oxygen atoms in total. The van der Waals surface area contributed by atoms with Gasteiger partial charge in [-0.25, -0.2) is 0 Å². The first-order valence-corrected chi connectivity index (χ1v) is 6.12. The van der Waals surface area contributed by atoms with Crippen LogP contribution < -0.4 is 11.3 Å². The molecule has 0 aliphatic heterocycles. The zero-order valence-electron chi connectivity index (χ0n) is 11.1. The van der Waals surface area contributed by atoms with Crippen LogP contribution in [0.2, 0.25) is 0 Å². The Hall–Kier alpha value is -1.65. The molecule has 0 fully saturated rings. The van der Waals surface area contributed by atoms with Gasteiger partial charge in [-0.1, -0.05) is 18.2 Å². The van der Waals surface area contributed by atoms with Crippen molar-refractivity contribution in [2.24, 2.45) is 12.9 Å². The lowest BCUT2D eigenvalue weighted by atomic mass is 10.00. The second-order valence-electron chi connectivity index (χ2n) is 4.76. The van der Waals surface area contributed by atoms with Gasteiger partial charge >= 0.3 is 0 Å². The number of nitrogens with zero attached hydrogens (tertiary/aromatic N) is 2. The van der Waals surface area contributed by atoms with Crippen LogP contribution in [0.5, 0.6) is 0 Å². The van der Waals surface area contributed by atoms with Gasteiger partial charge in [-0.2, -0.15) is 5.10 Å². The Balaban J connectivity index is 2.17. The summed E-state index contributed by atoms with van der Waals surface area (Å²) in [5.74, 6) is 5.63. The normalized spacial score (nSPS) is 12.7. The Kier molecular flexibility index (Phi) is 3.79. The fourth-order valence-corrected chi connectivity index (χ4v) is 2.03. The van der Waals surface area contributed by atoms with Gasteiger partial charge in [0.1, 0.15) is 0 Å². The summed E-state index contributed by atoms with van der Waals surface area (Å²) in [6.07, 6.45) is 2.77. The van der Waals surface area contributed by atoms with Crippen LogP contribution in [-0.4, -0.2) is 9.78 Å². The highest BCUT2D eigenvalue weighted by Crippen LogP contribution is 2.18. The van der Waals surface area contributed by atoms with E-state index in [2.05, 4.69) is 42.6 Å². The maximum atomic E-state index is 5.63. The molecule has 3 N–H and O–H groups in total. The number of hydrogen-bond donors (Lipinski definition) is 2. The summed E-state index contributed by atoms with van der Waals surface area (Å²) in [6, 6.07) is 8.55. The quantitative estimate of drug-likeness (QED) is 0.637. The van der Waals surface area contributed by atoms with E-state index in [-0.39, 0.29) is 6.04 Å². The summed E-state index contributed by atoms with van der Waals surface area (Å²) >= 11 is 0. The SMILES string of the molecule is Cc1ccc(CC(NN)c2ccn(C)n2)cc1C. The van der Waals surface area contributed by atoms with E-state index in [0.717, 1.165) is 12.1 Å². The van der Waals surface area contributed by atoms with E-state index >= 15 is 0 Å². The van der Waals surface area contributed by atoms with Crippen molar-refractivity contribution in [1.82, 2.24) is 15.2 Å². The van der Waals surface area contributed by atoms with Gasteiger partial charge in [0.25, 0.3) is 0 Å². The van der Waals surface area contributed by atoms with Gasteiger partial charge in [-0.15, -0.1) is 0 Å². The molecule has 1 unspecified atom stereocenters. The van der Waals surface area contributed by atoms with Crippen LogP contribution >= 0.6 is 0 Å². The predicted octanol–water partition coefficient (Wildman–Crippen LogP) is 1.78. The molecule has 0 saturated carbocycles. The van der Waals surface area contributed by atoms with Gasteiger partial charge in [0, 0.05) is 13.2 Å². The van der Waals surface area contributed by atoms with Crippen molar-refractivity contribution < 1.29 is 0 Å². The highest BCUT2D eigenvalue weighted by atomic mass is 15.3. The van der Waals surface area contributed by atoms with Crippen LogP contribution in [-0.2, 0) is 13.5 Å². The Morgan fingerprint density at radius 1 is 1.28 bits per heavy atom. The highest BCUT2D eigenvalue weighted by molar-refractivity contribution is 5.30. The number of aryl methyl sites for hydroxylation is 3. The van der Waals surface area contributed by atoms with Gasteiger partial charge in [0.05, 0.1) is 11.7 Å². The van der Waals surface area contributed by atoms with Crippen molar-refractivity contribution >= 4 is 0 Å². The molecule has 1 aromatic heterocycles. The number of benzene rings is 1. The zero-order valence-corrected chi connectivity index (χ0v) is 11.1. The lowest BCUT2D eigenvalue weighted by molar-refractivity contribution is 0.529. The number of nitrogens with two attached hydrogens (primary N) is 1. The lowest BCUT2D eigenvalue weighted by Crippen LogP contribution is -2.30. The first kappa shape index (κ1) is 12.8. The minimum atomic E-state index is 0.0494. The van der Waals surface area contributed by atoms with Crippen molar-refractivity contribution in [2.45, 2.75) is 26.3 Å². The molecule has 1 atom stereocenters. The summed E-state index contributed by atoms with van der Waals surface area (Å²) in [7, 11) is 1.91. The molecule has 0 spiro atoms. The average molecular weight is 244 g/mol. The van der Waals surface area contributed by atoms with Gasteiger partial charge in [0.2, 0.25) is 0 Å². The highest BCUT2D eigenvalue weighted by Gasteiger charge is 2.13. The molecule has 18 heavy (non-hydrogen) atoms. The van der Waals surface area contributed by atoms with E-state index in [1.807, 2.05) is 19.3 Å². The fraction of sp³-hybridized carbons (Fsp3) is 0.357. The third kappa shape index (κ3) is 2.78. The third-order valence-corrected chi connectivity index (χ3v) is 3.30. The first-order chi connectivity index (χ1) is 8.60. The molecule has 96 valence electrons. The van der Waals surface area contributed by atoms with E-state index in [9.17, 15) is 0 Å². The van der Waals surface area contributed by atoms with E-state index in [1.165, 1.54) is 16.7 Å². The molecule has 0 aliphatic rings. The Bertz CT molecular complexity index is 530. The average Bonchev–Trinajstić information content (AvgIpc) is 2.77. The number of rotatable bonds is 4. The van der Waals surface area contributed by atoms with E-state index in [0.29, 0.717) is 0 Å². The Morgan fingerprint density at radius 3 is 2.61 bits per heavy atom. The van der Waals surface area contributed by atoms with Crippen LogP contribution in [0.3, 0.4) is 0 Å². The van der Waals surface area contributed by atoms with Crippen LogP contribution in [0.1, 0.15) is 28.4 Å². The lowest BCUT2D eigenvalue weighted by Gasteiger charge is -2.14. The molecule has 0 radical (unpaired) electrons. The molecule has 0 aliphatic carbocycles. The second-order valence-corrected chi connectivity index (χ2v) is 4.76. The van der Waals surface area contributed by atoms with Crippen LogP contribution in [0.15, 0.2) is 30.5 Å². The monoisotopic (exact) mass is 244 g/mol. The third-order valence-electron chi connectivity index (χ3n) is 3.30. The van der Waals surface area contributed by atoms with Crippen molar-refractivity contribution in [3.05, 3.63) is 52.8 Å². The van der Waals surface area contributed by atoms with Gasteiger partial charge in [0.15, 0.2) is 0 Å². The molecule has 2 rings (SSSR count). The van der Waals surface area contributed by atoms with Crippen LogP contribution in [0, 0.1) is 13.8 Å². The van der Waals surface area contributed by atoms with E-state index in [4.69, 9.17) is 5.84 Å². The van der Waals surface area contributed by atoms with Crippen LogP contribution in [0.4, 0.5) is 0 Å². The minimum absolute atomic E-state index is 0.0494. The largest absolute Gasteiger partial charge is 0.275 e. The predicted molar refractivity (Wildman–Crippen MR) is 72.9 cm³/mol. The summed E-state index contributed by atoms with van der Waals surface area (Å²) in [4.78, 5) is 0. The topological polar surface area (TPSA) is 55.9 Å². The molecule has 4 heteroatoms. The summed E-state index contributed by atoms with van der Waals surface area (Å²) in [5.41, 5.74) is 7.70. The molecular formula is C14H20N4. The second kappa shape index (κ2) is 5.33. The molecular weight excluding hydrogens is 224 g/mol. The zero-order chi connectivity index (χ0) is 13.1. The fourth-order valence-electron chi connectivity index (χ4n) is 2.03. The first-order valence-electron chi connectivity index (χ1n) is 6.12. The summed E-state index contributed by atoms with van der Waals surface area (Å²) < 4.78 is 1.79. The van der Waals surface area contributed by atoms with Gasteiger partial charge in [-0.3, -0.25) is 16.0 Å². The van der Waals surface area contributed by atoms with Crippen LogP contribution in [0.25, 0.3) is 0 Å². The maximum absolute atomic E-state index is 5.63. The van der Waals surface area contributed by atoms with Crippen molar-refractivity contribution in [3.8, 4) is 0 Å².